The van der Waals surface area contributed by atoms with E-state index >= 15 is 0 Å². The van der Waals surface area contributed by atoms with E-state index in [1.165, 1.54) is 13.0 Å². The zero-order valence-electron chi connectivity index (χ0n) is 19.3. The van der Waals surface area contributed by atoms with Crippen molar-refractivity contribution in [3.05, 3.63) is 52.0 Å². The van der Waals surface area contributed by atoms with Gasteiger partial charge in [0.15, 0.2) is 0 Å². The van der Waals surface area contributed by atoms with Crippen LogP contribution in [0.5, 0.6) is 5.75 Å². The van der Waals surface area contributed by atoms with Crippen LogP contribution in [0.15, 0.2) is 51.3 Å². The second kappa shape index (κ2) is 11.2. The van der Waals surface area contributed by atoms with E-state index in [1.54, 1.807) is 23.1 Å². The lowest BCUT2D eigenvalue weighted by Crippen LogP contribution is -2.54. The van der Waals surface area contributed by atoms with Crippen molar-refractivity contribution < 1.29 is 30.0 Å². The van der Waals surface area contributed by atoms with E-state index in [-0.39, 0.29) is 39.9 Å². The number of aliphatic imine (C=N–C) groups is 2. The summed E-state index contributed by atoms with van der Waals surface area (Å²) in [6.07, 6.45) is 0. The minimum Gasteiger partial charge on any atom is -0.487 e. The van der Waals surface area contributed by atoms with Crippen molar-refractivity contribution in [2.75, 3.05) is 10.7 Å². The lowest BCUT2D eigenvalue weighted by Gasteiger charge is -2.38. The third-order valence-electron chi connectivity index (χ3n) is 4.61. The Bertz CT molecular complexity index is 1420. The van der Waals surface area contributed by atoms with Gasteiger partial charge in [0.05, 0.1) is 15.7 Å². The van der Waals surface area contributed by atoms with E-state index in [0.29, 0.717) is 11.4 Å². The number of anilines is 1. The SMILES string of the molecule is CC1(C)N=C(N)N=C(N)N1c1ccc(OCc2cc(S(=O)(=O)F)ccc2Cl)c(Cl)c1.CCS(=O)(=O)O. The predicted molar refractivity (Wildman–Crippen MR) is 137 cm³/mol. The summed E-state index contributed by atoms with van der Waals surface area (Å²) < 4.78 is 68.0. The molecule has 0 atom stereocenters. The van der Waals surface area contributed by atoms with Gasteiger partial charge < -0.3 is 16.2 Å². The van der Waals surface area contributed by atoms with Crippen molar-refractivity contribution in [2.24, 2.45) is 21.5 Å². The van der Waals surface area contributed by atoms with Crippen molar-refractivity contribution in [3.63, 3.8) is 0 Å². The van der Waals surface area contributed by atoms with E-state index < -0.39 is 30.9 Å². The Balaban J connectivity index is 0.000000678. The van der Waals surface area contributed by atoms with Crippen LogP contribution >= 0.6 is 23.2 Å². The predicted octanol–water partition coefficient (Wildman–Crippen LogP) is 3.31. The highest BCUT2D eigenvalue weighted by Crippen LogP contribution is 2.34. The highest BCUT2D eigenvalue weighted by atomic mass is 35.5. The number of benzene rings is 2. The second-order valence-corrected chi connectivity index (χ2v) is 11.6. The largest absolute Gasteiger partial charge is 0.487 e. The van der Waals surface area contributed by atoms with E-state index in [1.807, 2.05) is 13.8 Å². The summed E-state index contributed by atoms with van der Waals surface area (Å²) >= 11 is 12.4. The number of nitrogens with two attached hydrogens (primary N) is 2. The summed E-state index contributed by atoms with van der Waals surface area (Å²) in [5, 5.41) is 0.480. The Morgan fingerprint density at radius 1 is 1.08 bits per heavy atom. The standard InChI is InChI=1S/C18H18Cl2FN5O3S.C2H6O3S/c1-18(2)25-16(22)24-17(23)26(18)11-3-6-15(14(20)8-11)29-9-10-7-12(30(21,27)28)4-5-13(10)19;1-2-6(3,4)5/h3-8H,9H2,1-2H3,(H4,22,23,24,25);2H2,1H3,(H,3,4,5). The molecule has 0 fully saturated rings. The van der Waals surface area contributed by atoms with Gasteiger partial charge in [-0.15, -0.1) is 3.89 Å². The van der Waals surface area contributed by atoms with Crippen LogP contribution in [0.25, 0.3) is 0 Å². The molecule has 198 valence electrons. The molecule has 11 nitrogen and oxygen atoms in total. The molecule has 0 saturated carbocycles. The van der Waals surface area contributed by atoms with Gasteiger partial charge in [0.2, 0.25) is 11.9 Å². The highest BCUT2D eigenvalue weighted by Gasteiger charge is 2.33. The molecule has 0 spiro atoms. The average Bonchev–Trinajstić information content (AvgIpc) is 2.72. The number of hydrogen-bond acceptors (Lipinski definition) is 10. The number of guanidine groups is 2. The molecule has 0 aliphatic carbocycles. The first-order valence-corrected chi connectivity index (χ1v) is 13.8. The van der Waals surface area contributed by atoms with Crippen molar-refractivity contribution >= 4 is 61.1 Å². The molecule has 0 radical (unpaired) electrons. The molecule has 36 heavy (non-hydrogen) atoms. The van der Waals surface area contributed by atoms with Crippen molar-refractivity contribution in [1.82, 2.24) is 0 Å². The summed E-state index contributed by atoms with van der Waals surface area (Å²) in [6, 6.07) is 8.38. The number of halogens is 3. The molecule has 0 amide bonds. The summed E-state index contributed by atoms with van der Waals surface area (Å²) in [6.45, 7) is 4.87. The molecule has 2 aromatic carbocycles. The molecule has 1 aliphatic heterocycles. The smallest absolute Gasteiger partial charge is 0.332 e. The Morgan fingerprint density at radius 3 is 2.19 bits per heavy atom. The summed E-state index contributed by atoms with van der Waals surface area (Å²) in [7, 11) is -8.52. The monoisotopic (exact) mass is 583 g/mol. The molecule has 16 heteroatoms. The Kier molecular flexibility index (Phi) is 9.18. The van der Waals surface area contributed by atoms with Gasteiger partial charge in [-0.05, 0) is 57.2 Å². The number of hydrogen-bond donors (Lipinski definition) is 3. The van der Waals surface area contributed by atoms with E-state index in [9.17, 15) is 20.7 Å². The Labute approximate surface area is 218 Å². The first-order chi connectivity index (χ1) is 16.4. The van der Waals surface area contributed by atoms with Crippen molar-refractivity contribution in [3.8, 4) is 5.75 Å². The van der Waals surface area contributed by atoms with Crippen LogP contribution in [0.3, 0.4) is 0 Å². The molecule has 0 saturated heterocycles. The summed E-state index contributed by atoms with van der Waals surface area (Å²) in [5.41, 5.74) is 11.8. The van der Waals surface area contributed by atoms with Crippen LogP contribution in [-0.4, -0.2) is 44.7 Å². The highest BCUT2D eigenvalue weighted by molar-refractivity contribution is 7.86. The zero-order valence-corrected chi connectivity index (χ0v) is 22.5. The first kappa shape index (κ1) is 29.6. The first-order valence-electron chi connectivity index (χ1n) is 10.0. The third kappa shape index (κ3) is 7.93. The zero-order chi connectivity index (χ0) is 27.5. The Morgan fingerprint density at radius 2 is 1.69 bits per heavy atom. The van der Waals surface area contributed by atoms with Gasteiger partial charge in [0, 0.05) is 16.3 Å². The Hall–Kier alpha value is -2.65. The van der Waals surface area contributed by atoms with Crippen LogP contribution < -0.4 is 21.1 Å². The molecular formula is C20H24Cl2FN5O6S2. The van der Waals surface area contributed by atoms with Crippen LogP contribution in [0.4, 0.5) is 9.57 Å². The molecule has 3 rings (SSSR count). The molecule has 0 unspecified atom stereocenters. The van der Waals surface area contributed by atoms with Gasteiger partial charge in [-0.1, -0.05) is 23.2 Å². The summed E-state index contributed by atoms with van der Waals surface area (Å²) in [5.74, 6) is 0.341. The number of rotatable bonds is 6. The van der Waals surface area contributed by atoms with E-state index in [0.717, 1.165) is 12.1 Å². The maximum atomic E-state index is 13.2. The van der Waals surface area contributed by atoms with Gasteiger partial charge in [-0.2, -0.15) is 21.8 Å². The van der Waals surface area contributed by atoms with Crippen LogP contribution in [0, 0.1) is 0 Å². The van der Waals surface area contributed by atoms with Gasteiger partial charge in [0.1, 0.15) is 18.0 Å². The van der Waals surface area contributed by atoms with Gasteiger partial charge >= 0.3 is 10.2 Å². The minimum atomic E-state index is -4.86. The topological polar surface area (TPSA) is 178 Å². The fourth-order valence-corrected chi connectivity index (χ4v) is 3.88. The molecule has 0 aromatic heterocycles. The molecule has 1 aliphatic rings. The third-order valence-corrected chi connectivity index (χ3v) is 6.82. The fourth-order valence-electron chi connectivity index (χ4n) is 2.97. The lowest BCUT2D eigenvalue weighted by molar-refractivity contribution is 0.306. The summed E-state index contributed by atoms with van der Waals surface area (Å²) in [4.78, 5) is 9.41. The fraction of sp³-hybridized carbons (Fsp3) is 0.300. The lowest BCUT2D eigenvalue weighted by atomic mass is 10.1. The number of ether oxygens (including phenoxy) is 1. The van der Waals surface area contributed by atoms with Gasteiger partial charge in [0.25, 0.3) is 10.1 Å². The quantitative estimate of drug-likeness (QED) is 0.339. The molecule has 5 N–H and O–H groups in total. The second-order valence-electron chi connectivity index (χ2n) is 7.73. The normalized spacial score (nSPS) is 15.4. The molecule has 0 bridgehead atoms. The molecular weight excluding hydrogens is 560 g/mol. The van der Waals surface area contributed by atoms with E-state index in [2.05, 4.69) is 9.98 Å². The molecule has 1 heterocycles. The van der Waals surface area contributed by atoms with Crippen LogP contribution in [0.2, 0.25) is 10.0 Å². The average molecular weight is 584 g/mol. The minimum absolute atomic E-state index is 0.0780. The maximum absolute atomic E-state index is 13.2. The van der Waals surface area contributed by atoms with Crippen molar-refractivity contribution in [2.45, 2.75) is 37.9 Å². The maximum Gasteiger partial charge on any atom is 0.332 e. The molecule has 2 aromatic rings. The van der Waals surface area contributed by atoms with Crippen LogP contribution in [0.1, 0.15) is 26.3 Å². The number of nitrogens with zero attached hydrogens (tertiary/aromatic N) is 3. The van der Waals surface area contributed by atoms with E-state index in [4.69, 9.17) is 44.0 Å². The van der Waals surface area contributed by atoms with Gasteiger partial charge in [-0.3, -0.25) is 9.45 Å². The van der Waals surface area contributed by atoms with Gasteiger partial charge in [-0.25, -0.2) is 4.99 Å². The van der Waals surface area contributed by atoms with Crippen LogP contribution in [-0.2, 0) is 26.9 Å². The van der Waals surface area contributed by atoms with Crippen molar-refractivity contribution in [1.29, 1.82) is 0 Å².